The third kappa shape index (κ3) is 7.75. The van der Waals surface area contributed by atoms with Gasteiger partial charge in [0, 0.05) is 19.6 Å². The number of aliphatic imine (C=N–C) groups is 1. The van der Waals surface area contributed by atoms with Gasteiger partial charge in [-0.2, -0.15) is 0 Å². The summed E-state index contributed by atoms with van der Waals surface area (Å²) in [6, 6.07) is 8.56. The van der Waals surface area contributed by atoms with Crippen molar-refractivity contribution in [2.24, 2.45) is 12.0 Å². The number of nitrogens with one attached hydrogen (secondary N) is 2. The van der Waals surface area contributed by atoms with E-state index in [4.69, 9.17) is 9.73 Å². The largest absolute Gasteiger partial charge is 0.497 e. The van der Waals surface area contributed by atoms with E-state index < -0.39 is 0 Å². The molecule has 1 aromatic heterocycles. The van der Waals surface area contributed by atoms with E-state index in [1.54, 1.807) is 7.11 Å². The standard InChI is InChI=1S/C22H36N6O/c1-6-7-8-9-17(2)25-22(24-16-21-27-26-18(3)28(21)4)23-15-14-19-10-12-20(29-5)13-11-19/h10-13,17H,6-9,14-16H2,1-5H3,(H2,23,24,25). The number of hydrogen-bond donors (Lipinski definition) is 2. The van der Waals surface area contributed by atoms with Crippen LogP contribution in [0.5, 0.6) is 5.75 Å². The summed E-state index contributed by atoms with van der Waals surface area (Å²) in [5.41, 5.74) is 1.26. The van der Waals surface area contributed by atoms with Gasteiger partial charge >= 0.3 is 0 Å². The monoisotopic (exact) mass is 400 g/mol. The molecule has 2 N–H and O–H groups in total. The molecule has 0 saturated carbocycles. The van der Waals surface area contributed by atoms with E-state index in [1.807, 2.05) is 30.7 Å². The van der Waals surface area contributed by atoms with Crippen LogP contribution in [-0.2, 0) is 20.0 Å². The van der Waals surface area contributed by atoms with Gasteiger partial charge in [-0.3, -0.25) is 0 Å². The van der Waals surface area contributed by atoms with E-state index in [-0.39, 0.29) is 0 Å². The van der Waals surface area contributed by atoms with Crippen LogP contribution in [0.25, 0.3) is 0 Å². The van der Waals surface area contributed by atoms with Gasteiger partial charge in [0.15, 0.2) is 11.8 Å². The zero-order valence-corrected chi connectivity index (χ0v) is 18.5. The van der Waals surface area contributed by atoms with Crippen molar-refractivity contribution in [3.8, 4) is 5.75 Å². The molecule has 29 heavy (non-hydrogen) atoms. The number of ether oxygens (including phenoxy) is 1. The molecular formula is C22H36N6O. The van der Waals surface area contributed by atoms with Gasteiger partial charge in [-0.15, -0.1) is 10.2 Å². The van der Waals surface area contributed by atoms with Gasteiger partial charge in [0.2, 0.25) is 0 Å². The fourth-order valence-corrected chi connectivity index (χ4v) is 3.01. The zero-order chi connectivity index (χ0) is 21.1. The maximum Gasteiger partial charge on any atom is 0.191 e. The molecule has 0 aliphatic carbocycles. The lowest BCUT2D eigenvalue weighted by Crippen LogP contribution is -2.43. The molecule has 0 aliphatic rings. The van der Waals surface area contributed by atoms with Crippen LogP contribution in [0.4, 0.5) is 0 Å². The van der Waals surface area contributed by atoms with Crippen LogP contribution in [0, 0.1) is 6.92 Å². The molecule has 0 spiro atoms. The van der Waals surface area contributed by atoms with Crippen molar-refractivity contribution in [3.63, 3.8) is 0 Å². The van der Waals surface area contributed by atoms with E-state index in [0.717, 1.165) is 42.7 Å². The molecule has 0 aliphatic heterocycles. The Morgan fingerprint density at radius 1 is 1.21 bits per heavy atom. The minimum atomic E-state index is 0.370. The first-order chi connectivity index (χ1) is 14.0. The zero-order valence-electron chi connectivity index (χ0n) is 18.5. The number of benzene rings is 1. The lowest BCUT2D eigenvalue weighted by molar-refractivity contribution is 0.414. The van der Waals surface area contributed by atoms with Crippen molar-refractivity contribution >= 4 is 5.96 Å². The fraction of sp³-hybridized carbons (Fsp3) is 0.591. The Morgan fingerprint density at radius 3 is 2.59 bits per heavy atom. The second-order valence-electron chi connectivity index (χ2n) is 7.45. The van der Waals surface area contributed by atoms with Gasteiger partial charge in [0.25, 0.3) is 0 Å². The van der Waals surface area contributed by atoms with Crippen LogP contribution in [0.15, 0.2) is 29.3 Å². The van der Waals surface area contributed by atoms with Gasteiger partial charge < -0.3 is 19.9 Å². The third-order valence-electron chi connectivity index (χ3n) is 5.05. The number of unbranched alkanes of at least 4 members (excludes halogenated alkanes) is 2. The van der Waals surface area contributed by atoms with Crippen molar-refractivity contribution in [3.05, 3.63) is 41.5 Å². The van der Waals surface area contributed by atoms with Gasteiger partial charge in [0.05, 0.1) is 7.11 Å². The minimum Gasteiger partial charge on any atom is -0.497 e. The normalized spacial score (nSPS) is 12.7. The van der Waals surface area contributed by atoms with Gasteiger partial charge in [-0.05, 0) is 44.4 Å². The van der Waals surface area contributed by atoms with Crippen molar-refractivity contribution in [1.29, 1.82) is 0 Å². The lowest BCUT2D eigenvalue weighted by Gasteiger charge is -2.18. The number of nitrogens with zero attached hydrogens (tertiary/aromatic N) is 4. The summed E-state index contributed by atoms with van der Waals surface area (Å²) in [7, 11) is 3.66. The molecule has 1 unspecified atom stereocenters. The van der Waals surface area contributed by atoms with Crippen molar-refractivity contribution in [2.75, 3.05) is 13.7 Å². The molecule has 7 nitrogen and oxygen atoms in total. The Kier molecular flexibility index (Phi) is 9.47. The summed E-state index contributed by atoms with van der Waals surface area (Å²) in [6.45, 7) is 7.69. The van der Waals surface area contributed by atoms with Crippen LogP contribution in [-0.4, -0.2) is 40.4 Å². The molecule has 2 aromatic rings. The molecule has 160 valence electrons. The molecule has 1 heterocycles. The van der Waals surface area contributed by atoms with Crippen LogP contribution < -0.4 is 15.4 Å². The quantitative estimate of drug-likeness (QED) is 0.344. The van der Waals surface area contributed by atoms with E-state index in [1.165, 1.54) is 24.8 Å². The first kappa shape index (κ1) is 22.7. The highest BCUT2D eigenvalue weighted by Crippen LogP contribution is 2.11. The summed E-state index contributed by atoms with van der Waals surface area (Å²) in [5.74, 6) is 3.45. The van der Waals surface area contributed by atoms with E-state index in [9.17, 15) is 0 Å². The molecule has 2 rings (SSSR count). The third-order valence-corrected chi connectivity index (χ3v) is 5.05. The topological polar surface area (TPSA) is 76.4 Å². The van der Waals surface area contributed by atoms with Crippen LogP contribution in [0.1, 0.15) is 56.7 Å². The maximum atomic E-state index is 5.22. The molecule has 0 amide bonds. The number of hydrogen-bond acceptors (Lipinski definition) is 4. The van der Waals surface area contributed by atoms with Gasteiger partial charge in [-0.1, -0.05) is 38.3 Å². The van der Waals surface area contributed by atoms with Gasteiger partial charge in [0.1, 0.15) is 18.1 Å². The number of methoxy groups -OCH3 is 1. The molecule has 1 atom stereocenters. The Bertz CT molecular complexity index is 753. The highest BCUT2D eigenvalue weighted by Gasteiger charge is 2.08. The SMILES string of the molecule is CCCCCC(C)NC(=NCc1nnc(C)n1C)NCCc1ccc(OC)cc1. The molecule has 0 bridgehead atoms. The first-order valence-electron chi connectivity index (χ1n) is 10.6. The predicted molar refractivity (Wildman–Crippen MR) is 118 cm³/mol. The summed E-state index contributed by atoms with van der Waals surface area (Å²) >= 11 is 0. The highest BCUT2D eigenvalue weighted by atomic mass is 16.5. The number of aryl methyl sites for hydroxylation is 1. The van der Waals surface area contributed by atoms with E-state index in [2.05, 4.69) is 46.8 Å². The molecule has 0 radical (unpaired) electrons. The minimum absolute atomic E-state index is 0.370. The molecule has 0 fully saturated rings. The number of rotatable bonds is 11. The summed E-state index contributed by atoms with van der Waals surface area (Å²) in [6.07, 6.45) is 5.78. The van der Waals surface area contributed by atoms with E-state index >= 15 is 0 Å². The molecule has 7 heteroatoms. The Labute approximate surface area is 175 Å². The average molecular weight is 401 g/mol. The molecular weight excluding hydrogens is 364 g/mol. The Morgan fingerprint density at radius 2 is 1.97 bits per heavy atom. The van der Waals surface area contributed by atoms with Gasteiger partial charge in [-0.25, -0.2) is 4.99 Å². The maximum absolute atomic E-state index is 5.22. The first-order valence-corrected chi connectivity index (χ1v) is 10.6. The van der Waals surface area contributed by atoms with Crippen molar-refractivity contribution in [1.82, 2.24) is 25.4 Å². The van der Waals surface area contributed by atoms with Crippen molar-refractivity contribution in [2.45, 2.75) is 65.5 Å². The second-order valence-corrected chi connectivity index (χ2v) is 7.45. The number of aromatic nitrogens is 3. The summed E-state index contributed by atoms with van der Waals surface area (Å²) in [5, 5.41) is 15.3. The average Bonchev–Trinajstić information content (AvgIpc) is 3.04. The van der Waals surface area contributed by atoms with Crippen LogP contribution >= 0.6 is 0 Å². The Hall–Kier alpha value is -2.57. The summed E-state index contributed by atoms with van der Waals surface area (Å²) < 4.78 is 7.20. The summed E-state index contributed by atoms with van der Waals surface area (Å²) in [4.78, 5) is 4.75. The lowest BCUT2D eigenvalue weighted by atomic mass is 10.1. The molecule has 0 saturated heterocycles. The smallest absolute Gasteiger partial charge is 0.191 e. The fourth-order valence-electron chi connectivity index (χ4n) is 3.01. The van der Waals surface area contributed by atoms with E-state index in [0.29, 0.717) is 12.6 Å². The van der Waals surface area contributed by atoms with Crippen LogP contribution in [0.3, 0.4) is 0 Å². The predicted octanol–water partition coefficient (Wildman–Crippen LogP) is 3.38. The van der Waals surface area contributed by atoms with Crippen LogP contribution in [0.2, 0.25) is 0 Å². The highest BCUT2D eigenvalue weighted by molar-refractivity contribution is 5.80. The van der Waals surface area contributed by atoms with Crippen molar-refractivity contribution < 1.29 is 4.74 Å². The second kappa shape index (κ2) is 12.1. The Balaban J connectivity index is 1.94. The molecule has 1 aromatic carbocycles. The number of guanidine groups is 1.